The quantitative estimate of drug-likeness (QED) is 0.422. The number of nitro groups is 1. The number of anilines is 1. The SMILES string of the molecule is Cc1ccc(NC(=O)CCCOc2ccc(C(C)(C)C)cc2)c([N+](=O)[O-])c1. The van der Waals surface area contributed by atoms with Gasteiger partial charge in [-0.2, -0.15) is 0 Å². The Labute approximate surface area is 159 Å². The minimum absolute atomic E-state index is 0.0925. The second kappa shape index (κ2) is 8.66. The predicted molar refractivity (Wildman–Crippen MR) is 106 cm³/mol. The maximum absolute atomic E-state index is 12.0. The van der Waals surface area contributed by atoms with Crippen molar-refractivity contribution < 1.29 is 14.5 Å². The van der Waals surface area contributed by atoms with Crippen LogP contribution in [0.25, 0.3) is 0 Å². The molecule has 0 saturated heterocycles. The van der Waals surface area contributed by atoms with Gasteiger partial charge in [-0.15, -0.1) is 0 Å². The molecule has 0 atom stereocenters. The number of aryl methyl sites for hydroxylation is 1. The molecular formula is C21H26N2O4. The first-order valence-electron chi connectivity index (χ1n) is 8.95. The Kier molecular flexibility index (Phi) is 6.55. The number of nitrogens with one attached hydrogen (secondary N) is 1. The molecule has 0 saturated carbocycles. The van der Waals surface area contributed by atoms with Crippen molar-refractivity contribution in [2.24, 2.45) is 0 Å². The molecule has 1 amide bonds. The summed E-state index contributed by atoms with van der Waals surface area (Å²) in [7, 11) is 0. The van der Waals surface area contributed by atoms with Crippen molar-refractivity contribution in [2.75, 3.05) is 11.9 Å². The highest BCUT2D eigenvalue weighted by atomic mass is 16.6. The van der Waals surface area contributed by atoms with E-state index < -0.39 is 4.92 Å². The lowest BCUT2D eigenvalue weighted by Crippen LogP contribution is -2.14. The first kappa shape index (κ1) is 20.4. The number of nitro benzene ring substituents is 1. The summed E-state index contributed by atoms with van der Waals surface area (Å²) in [5.74, 6) is 0.492. The summed E-state index contributed by atoms with van der Waals surface area (Å²) in [6.07, 6.45) is 0.748. The number of carbonyl (C=O) groups excluding carboxylic acids is 1. The van der Waals surface area contributed by atoms with Gasteiger partial charge in [-0.25, -0.2) is 0 Å². The van der Waals surface area contributed by atoms with Gasteiger partial charge in [0.1, 0.15) is 11.4 Å². The van der Waals surface area contributed by atoms with E-state index in [1.54, 1.807) is 19.1 Å². The first-order chi connectivity index (χ1) is 12.7. The minimum Gasteiger partial charge on any atom is -0.494 e. The zero-order chi connectivity index (χ0) is 20.0. The molecule has 2 aromatic carbocycles. The van der Waals surface area contributed by atoms with E-state index in [2.05, 4.69) is 26.1 Å². The fourth-order valence-corrected chi connectivity index (χ4v) is 2.59. The van der Waals surface area contributed by atoms with Crippen molar-refractivity contribution in [3.8, 4) is 5.75 Å². The van der Waals surface area contributed by atoms with Crippen LogP contribution in [0.4, 0.5) is 11.4 Å². The van der Waals surface area contributed by atoms with E-state index >= 15 is 0 Å². The summed E-state index contributed by atoms with van der Waals surface area (Å²) in [5, 5.41) is 13.7. The molecule has 0 unspecified atom stereocenters. The Morgan fingerprint density at radius 3 is 2.41 bits per heavy atom. The number of nitrogens with zero attached hydrogens (tertiary/aromatic N) is 1. The van der Waals surface area contributed by atoms with E-state index in [0.717, 1.165) is 11.3 Å². The van der Waals surface area contributed by atoms with E-state index in [1.807, 2.05) is 24.3 Å². The van der Waals surface area contributed by atoms with Crippen LogP contribution >= 0.6 is 0 Å². The third-order valence-corrected chi connectivity index (χ3v) is 4.16. The fraction of sp³-hybridized carbons (Fsp3) is 0.381. The largest absolute Gasteiger partial charge is 0.494 e. The first-order valence-corrected chi connectivity index (χ1v) is 8.95. The molecule has 0 fully saturated rings. The molecule has 6 heteroatoms. The fourth-order valence-electron chi connectivity index (χ4n) is 2.59. The van der Waals surface area contributed by atoms with E-state index in [4.69, 9.17) is 4.74 Å². The van der Waals surface area contributed by atoms with E-state index in [0.29, 0.717) is 13.0 Å². The van der Waals surface area contributed by atoms with Gasteiger partial charge in [-0.05, 0) is 48.1 Å². The standard InChI is InChI=1S/C21H26N2O4/c1-15-7-12-18(19(14-15)23(25)26)22-20(24)6-5-13-27-17-10-8-16(9-11-17)21(2,3)4/h7-12,14H,5-6,13H2,1-4H3,(H,22,24). The Morgan fingerprint density at radius 1 is 1.15 bits per heavy atom. The van der Waals surface area contributed by atoms with Crippen molar-refractivity contribution in [3.05, 3.63) is 63.7 Å². The van der Waals surface area contributed by atoms with E-state index in [-0.39, 0.29) is 29.1 Å². The van der Waals surface area contributed by atoms with Crippen LogP contribution in [0.3, 0.4) is 0 Å². The van der Waals surface area contributed by atoms with Crippen LogP contribution in [0.1, 0.15) is 44.7 Å². The van der Waals surface area contributed by atoms with Gasteiger partial charge in [0.05, 0.1) is 11.5 Å². The summed E-state index contributed by atoms with van der Waals surface area (Å²) in [6, 6.07) is 12.7. The van der Waals surface area contributed by atoms with Crippen LogP contribution in [0, 0.1) is 17.0 Å². The number of amides is 1. The third-order valence-electron chi connectivity index (χ3n) is 4.16. The van der Waals surface area contributed by atoms with E-state index in [1.165, 1.54) is 11.6 Å². The van der Waals surface area contributed by atoms with Gasteiger partial charge in [0.25, 0.3) is 5.69 Å². The number of rotatable bonds is 7. The maximum Gasteiger partial charge on any atom is 0.293 e. The highest BCUT2D eigenvalue weighted by Gasteiger charge is 2.16. The smallest absolute Gasteiger partial charge is 0.293 e. The minimum atomic E-state index is -0.493. The Bertz CT molecular complexity index is 808. The lowest BCUT2D eigenvalue weighted by atomic mass is 9.87. The summed E-state index contributed by atoms with van der Waals surface area (Å²) < 4.78 is 5.66. The van der Waals surface area contributed by atoms with Crippen molar-refractivity contribution in [1.29, 1.82) is 0 Å². The Morgan fingerprint density at radius 2 is 1.81 bits per heavy atom. The molecule has 6 nitrogen and oxygen atoms in total. The highest BCUT2D eigenvalue weighted by molar-refractivity contribution is 5.93. The summed E-state index contributed by atoms with van der Waals surface area (Å²) >= 11 is 0. The second-order valence-electron chi connectivity index (χ2n) is 7.55. The van der Waals surface area contributed by atoms with Gasteiger partial charge in [0.15, 0.2) is 0 Å². The molecule has 27 heavy (non-hydrogen) atoms. The molecule has 0 radical (unpaired) electrons. The molecular weight excluding hydrogens is 344 g/mol. The normalized spacial score (nSPS) is 11.1. The average Bonchev–Trinajstić information content (AvgIpc) is 2.60. The van der Waals surface area contributed by atoms with Gasteiger partial charge >= 0.3 is 0 Å². The molecule has 0 aliphatic carbocycles. The van der Waals surface area contributed by atoms with Gasteiger partial charge in [0, 0.05) is 12.5 Å². The van der Waals surface area contributed by atoms with Crippen LogP contribution in [0.15, 0.2) is 42.5 Å². The average molecular weight is 370 g/mol. The summed E-state index contributed by atoms with van der Waals surface area (Å²) in [5.41, 5.74) is 2.21. The molecule has 144 valence electrons. The molecule has 0 bridgehead atoms. The van der Waals surface area contributed by atoms with Crippen LogP contribution in [0.2, 0.25) is 0 Å². The van der Waals surface area contributed by atoms with Crippen LogP contribution < -0.4 is 10.1 Å². The van der Waals surface area contributed by atoms with Gasteiger partial charge in [0.2, 0.25) is 5.91 Å². The molecule has 2 aromatic rings. The summed E-state index contributed by atoms with van der Waals surface area (Å²) in [6.45, 7) is 8.63. The van der Waals surface area contributed by atoms with Crippen molar-refractivity contribution in [1.82, 2.24) is 0 Å². The lowest BCUT2D eigenvalue weighted by molar-refractivity contribution is -0.384. The number of benzene rings is 2. The Balaban J connectivity index is 1.81. The molecule has 0 aromatic heterocycles. The number of carbonyl (C=O) groups is 1. The molecule has 1 N–H and O–H groups in total. The second-order valence-corrected chi connectivity index (χ2v) is 7.55. The maximum atomic E-state index is 12.0. The predicted octanol–water partition coefficient (Wildman–Crippen LogP) is 5.00. The lowest BCUT2D eigenvalue weighted by Gasteiger charge is -2.19. The zero-order valence-corrected chi connectivity index (χ0v) is 16.2. The highest BCUT2D eigenvalue weighted by Crippen LogP contribution is 2.26. The van der Waals surface area contributed by atoms with Gasteiger partial charge < -0.3 is 10.1 Å². The van der Waals surface area contributed by atoms with Gasteiger partial charge in [-0.3, -0.25) is 14.9 Å². The van der Waals surface area contributed by atoms with Crippen LogP contribution in [0.5, 0.6) is 5.75 Å². The molecule has 0 aliphatic rings. The number of ether oxygens (including phenoxy) is 1. The topological polar surface area (TPSA) is 81.5 Å². The van der Waals surface area contributed by atoms with Crippen LogP contribution in [-0.2, 0) is 10.2 Å². The molecule has 2 rings (SSSR count). The monoisotopic (exact) mass is 370 g/mol. The van der Waals surface area contributed by atoms with Crippen molar-refractivity contribution >= 4 is 17.3 Å². The summed E-state index contributed by atoms with van der Waals surface area (Å²) in [4.78, 5) is 22.6. The molecule has 0 heterocycles. The third kappa shape index (κ3) is 6.09. The molecule has 0 aliphatic heterocycles. The van der Waals surface area contributed by atoms with E-state index in [9.17, 15) is 14.9 Å². The number of hydrogen-bond acceptors (Lipinski definition) is 4. The van der Waals surface area contributed by atoms with Crippen LogP contribution in [-0.4, -0.2) is 17.4 Å². The Hall–Kier alpha value is -2.89. The van der Waals surface area contributed by atoms with Gasteiger partial charge in [-0.1, -0.05) is 39.0 Å². The number of hydrogen-bond donors (Lipinski definition) is 1. The zero-order valence-electron chi connectivity index (χ0n) is 16.2. The molecule has 0 spiro atoms. The van der Waals surface area contributed by atoms with Crippen molar-refractivity contribution in [2.45, 2.75) is 46.0 Å². The van der Waals surface area contributed by atoms with Crippen molar-refractivity contribution in [3.63, 3.8) is 0 Å².